The van der Waals surface area contributed by atoms with Crippen molar-refractivity contribution in [2.75, 3.05) is 0 Å². The van der Waals surface area contributed by atoms with E-state index in [0.717, 1.165) is 46.0 Å². The number of para-hydroxylation sites is 1. The number of rotatable bonds is 5. The number of nitrogens with one attached hydrogen (secondary N) is 1. The number of urea groups is 1. The van der Waals surface area contributed by atoms with Crippen molar-refractivity contribution in [3.05, 3.63) is 137 Å². The average Bonchev–Trinajstić information content (AvgIpc) is 3.54. The van der Waals surface area contributed by atoms with Gasteiger partial charge in [-0.2, -0.15) is 5.10 Å². The Labute approximate surface area is 223 Å². The summed E-state index contributed by atoms with van der Waals surface area (Å²) < 4.78 is 4.23. The van der Waals surface area contributed by atoms with Crippen molar-refractivity contribution in [2.24, 2.45) is 0 Å². The summed E-state index contributed by atoms with van der Waals surface area (Å²) in [5.41, 5.74) is 7.43. The highest BCUT2D eigenvalue weighted by molar-refractivity contribution is 5.76. The van der Waals surface area contributed by atoms with Gasteiger partial charge in [-0.05, 0) is 48.7 Å². The van der Waals surface area contributed by atoms with Gasteiger partial charge in [0.05, 0.1) is 29.7 Å². The largest absolute Gasteiger partial charge is 0.334 e. The quantitative estimate of drug-likeness (QED) is 0.305. The molecule has 1 N–H and O–H groups in total. The van der Waals surface area contributed by atoms with Gasteiger partial charge in [-0.3, -0.25) is 0 Å². The van der Waals surface area contributed by atoms with Gasteiger partial charge >= 0.3 is 6.03 Å². The molecule has 1 aliphatic rings. The maximum absolute atomic E-state index is 14.0. The van der Waals surface area contributed by atoms with Crippen LogP contribution in [-0.4, -0.2) is 25.3 Å². The van der Waals surface area contributed by atoms with E-state index in [-0.39, 0.29) is 12.1 Å². The van der Waals surface area contributed by atoms with Crippen LogP contribution in [0.1, 0.15) is 46.6 Å². The molecule has 0 fully saturated rings. The Morgan fingerprint density at radius 3 is 2.34 bits per heavy atom. The van der Waals surface area contributed by atoms with E-state index in [2.05, 4.69) is 90.6 Å². The van der Waals surface area contributed by atoms with E-state index in [4.69, 9.17) is 5.10 Å². The molecule has 0 spiro atoms. The topological polar surface area (TPSA) is 55.1 Å². The van der Waals surface area contributed by atoms with Gasteiger partial charge in [-0.25, -0.2) is 9.48 Å². The molecule has 1 atom stereocenters. The molecule has 3 aromatic carbocycles. The number of fused-ring (bicyclic) bond motifs is 3. The molecule has 6 heteroatoms. The molecule has 5 aromatic rings. The van der Waals surface area contributed by atoms with Gasteiger partial charge in [0.25, 0.3) is 0 Å². The van der Waals surface area contributed by atoms with Gasteiger partial charge in [-0.1, -0.05) is 85.3 Å². The molecule has 38 heavy (non-hydrogen) atoms. The third-order valence-corrected chi connectivity index (χ3v) is 7.24. The van der Waals surface area contributed by atoms with E-state index in [1.54, 1.807) is 0 Å². The Morgan fingerprint density at radius 2 is 1.63 bits per heavy atom. The number of aryl methyl sites for hydroxylation is 2. The standard InChI is InChI=1S/C32H31N5O/c1-3-28-27-22-36(32(38)33-21-24-18-16-23(2)17-19-24)30(25-11-6-4-7-12-25)29-15-10-20-35(29)31(27)37(34-28)26-13-8-5-9-14-26/h4-20,30H,3,21-22H2,1-2H3,(H,33,38)/t30-/m1/s1. The first-order chi connectivity index (χ1) is 18.6. The van der Waals surface area contributed by atoms with Crippen LogP contribution in [0.3, 0.4) is 0 Å². The Balaban J connectivity index is 1.48. The van der Waals surface area contributed by atoms with Crippen LogP contribution in [0.4, 0.5) is 4.79 Å². The predicted octanol–water partition coefficient (Wildman–Crippen LogP) is 6.35. The summed E-state index contributed by atoms with van der Waals surface area (Å²) in [7, 11) is 0. The first kappa shape index (κ1) is 23.8. The minimum atomic E-state index is -0.259. The minimum Gasteiger partial charge on any atom is -0.334 e. The molecule has 0 saturated heterocycles. The molecule has 0 bridgehead atoms. The maximum atomic E-state index is 14.0. The SMILES string of the molecule is CCc1nn(-c2ccccc2)c2c1CN(C(=O)NCc1ccc(C)cc1)[C@H](c1ccccc1)c1cccn1-2. The zero-order chi connectivity index (χ0) is 26.1. The van der Waals surface area contributed by atoms with E-state index < -0.39 is 0 Å². The number of hydrogen-bond acceptors (Lipinski definition) is 2. The van der Waals surface area contributed by atoms with E-state index in [1.807, 2.05) is 46.0 Å². The second kappa shape index (κ2) is 10.1. The lowest BCUT2D eigenvalue weighted by Gasteiger charge is -2.31. The van der Waals surface area contributed by atoms with Crippen molar-refractivity contribution in [1.29, 1.82) is 0 Å². The summed E-state index contributed by atoms with van der Waals surface area (Å²) in [6.45, 7) is 5.11. The van der Waals surface area contributed by atoms with Crippen LogP contribution in [-0.2, 0) is 19.5 Å². The summed E-state index contributed by atoms with van der Waals surface area (Å²) in [6, 6.07) is 32.6. The first-order valence-corrected chi connectivity index (χ1v) is 13.1. The number of aromatic nitrogens is 3. The second-order valence-corrected chi connectivity index (χ2v) is 9.74. The molecular formula is C32H31N5O. The maximum Gasteiger partial charge on any atom is 0.318 e. The summed E-state index contributed by atoms with van der Waals surface area (Å²) in [5, 5.41) is 8.23. The molecule has 6 rings (SSSR count). The summed E-state index contributed by atoms with van der Waals surface area (Å²) in [5.74, 6) is 0.989. The zero-order valence-corrected chi connectivity index (χ0v) is 21.7. The Bertz CT molecular complexity index is 1550. The molecule has 3 heterocycles. The van der Waals surface area contributed by atoms with Crippen molar-refractivity contribution < 1.29 is 4.79 Å². The molecule has 0 unspecified atom stereocenters. The van der Waals surface area contributed by atoms with E-state index >= 15 is 0 Å². The van der Waals surface area contributed by atoms with Crippen LogP contribution in [0.5, 0.6) is 0 Å². The fourth-order valence-electron chi connectivity index (χ4n) is 5.32. The molecule has 0 saturated carbocycles. The molecular weight excluding hydrogens is 470 g/mol. The Hall–Kier alpha value is -4.58. The normalized spacial score (nSPS) is 14.5. The van der Waals surface area contributed by atoms with Crippen molar-refractivity contribution >= 4 is 6.03 Å². The van der Waals surface area contributed by atoms with E-state index in [1.165, 1.54) is 5.56 Å². The lowest BCUT2D eigenvalue weighted by atomic mass is 10.0. The van der Waals surface area contributed by atoms with Crippen LogP contribution in [0.2, 0.25) is 0 Å². The third-order valence-electron chi connectivity index (χ3n) is 7.24. The van der Waals surface area contributed by atoms with Crippen LogP contribution in [0.15, 0.2) is 103 Å². The van der Waals surface area contributed by atoms with Crippen molar-refractivity contribution in [3.8, 4) is 11.5 Å². The number of benzene rings is 3. The summed E-state index contributed by atoms with van der Waals surface area (Å²) >= 11 is 0. The summed E-state index contributed by atoms with van der Waals surface area (Å²) in [6.07, 6.45) is 2.85. The summed E-state index contributed by atoms with van der Waals surface area (Å²) in [4.78, 5) is 15.9. The molecule has 6 nitrogen and oxygen atoms in total. The lowest BCUT2D eigenvalue weighted by molar-refractivity contribution is 0.180. The molecule has 2 aromatic heterocycles. The Morgan fingerprint density at radius 1 is 0.921 bits per heavy atom. The highest BCUT2D eigenvalue weighted by Crippen LogP contribution is 2.38. The fraction of sp³-hybridized carbons (Fsp3) is 0.188. The fourth-order valence-corrected chi connectivity index (χ4v) is 5.32. The van der Waals surface area contributed by atoms with Crippen LogP contribution in [0, 0.1) is 6.92 Å². The van der Waals surface area contributed by atoms with Gasteiger partial charge in [-0.15, -0.1) is 0 Å². The zero-order valence-electron chi connectivity index (χ0n) is 21.7. The number of hydrogen-bond donors (Lipinski definition) is 1. The first-order valence-electron chi connectivity index (χ1n) is 13.1. The molecule has 1 aliphatic heterocycles. The van der Waals surface area contributed by atoms with Gasteiger partial charge in [0.1, 0.15) is 5.82 Å². The lowest BCUT2D eigenvalue weighted by Crippen LogP contribution is -2.41. The molecule has 0 radical (unpaired) electrons. The van der Waals surface area contributed by atoms with Crippen LogP contribution < -0.4 is 5.32 Å². The van der Waals surface area contributed by atoms with Gasteiger partial charge < -0.3 is 14.8 Å². The monoisotopic (exact) mass is 501 g/mol. The van der Waals surface area contributed by atoms with Gasteiger partial charge in [0.15, 0.2) is 0 Å². The van der Waals surface area contributed by atoms with Crippen LogP contribution in [0.25, 0.3) is 11.5 Å². The second-order valence-electron chi connectivity index (χ2n) is 9.74. The molecule has 190 valence electrons. The minimum absolute atomic E-state index is 0.102. The molecule has 0 aliphatic carbocycles. The van der Waals surface area contributed by atoms with Gasteiger partial charge in [0.2, 0.25) is 0 Å². The predicted molar refractivity (Wildman–Crippen MR) is 150 cm³/mol. The number of carbonyl (C=O) groups is 1. The van der Waals surface area contributed by atoms with E-state index in [0.29, 0.717) is 13.1 Å². The third kappa shape index (κ3) is 4.28. The number of carbonyl (C=O) groups excluding carboxylic acids is 1. The van der Waals surface area contributed by atoms with Crippen molar-refractivity contribution in [3.63, 3.8) is 0 Å². The van der Waals surface area contributed by atoms with Gasteiger partial charge in [0, 0.05) is 18.3 Å². The van der Waals surface area contributed by atoms with Crippen molar-refractivity contribution in [1.82, 2.24) is 24.6 Å². The average molecular weight is 502 g/mol. The van der Waals surface area contributed by atoms with Crippen molar-refractivity contribution in [2.45, 2.75) is 39.4 Å². The number of amides is 2. The van der Waals surface area contributed by atoms with E-state index in [9.17, 15) is 4.79 Å². The highest BCUT2D eigenvalue weighted by atomic mass is 16.2. The smallest absolute Gasteiger partial charge is 0.318 e. The van der Waals surface area contributed by atoms with Crippen LogP contribution >= 0.6 is 0 Å². The molecule has 2 amide bonds. The highest BCUT2D eigenvalue weighted by Gasteiger charge is 2.36. The number of nitrogens with zero attached hydrogens (tertiary/aromatic N) is 4. The Kier molecular flexibility index (Phi) is 6.30.